The molecule has 1 saturated carbocycles. The topological polar surface area (TPSA) is 40.9 Å². The number of hydrogen-bond donors (Lipinski definition) is 0. The van der Waals surface area contributed by atoms with Crippen molar-refractivity contribution >= 4 is 10.8 Å². The summed E-state index contributed by atoms with van der Waals surface area (Å²) in [6.07, 6.45) is -2.34. The summed E-state index contributed by atoms with van der Waals surface area (Å²) in [5, 5.41) is 8.60. The van der Waals surface area contributed by atoms with Gasteiger partial charge in [0.15, 0.2) is 0 Å². The number of halogens is 3. The zero-order chi connectivity index (χ0) is 14.0. The molecule has 1 aliphatic rings. The summed E-state index contributed by atoms with van der Waals surface area (Å²) in [5.74, 6) is -0.324. The van der Waals surface area contributed by atoms with Gasteiger partial charge >= 0.3 is 6.18 Å². The Morgan fingerprint density at radius 2 is 2.05 bits per heavy atom. The second-order valence-electron chi connectivity index (χ2n) is 4.53. The van der Waals surface area contributed by atoms with E-state index >= 15 is 0 Å². The Kier molecular flexibility index (Phi) is 3.95. The lowest BCUT2D eigenvalue weighted by Crippen LogP contribution is -2.19. The lowest BCUT2D eigenvalue weighted by atomic mass is 10.1. The molecule has 0 radical (unpaired) electrons. The van der Waals surface area contributed by atoms with Crippen LogP contribution in [0.1, 0.15) is 24.8 Å². The highest BCUT2D eigenvalue weighted by atomic mass is 32.2. The summed E-state index contributed by atoms with van der Waals surface area (Å²) in [6.45, 7) is 0. The summed E-state index contributed by atoms with van der Waals surface area (Å²) < 4.78 is 50.1. The minimum Gasteiger partial charge on any atom is -0.254 e. The SMILES string of the molecule is N#CC1CCCC1S(=O)c1cccc(C(F)(F)F)c1. The molecule has 0 aromatic heterocycles. The van der Waals surface area contributed by atoms with Crippen LogP contribution >= 0.6 is 0 Å². The average Bonchev–Trinajstić information content (AvgIpc) is 2.85. The molecular weight excluding hydrogens is 275 g/mol. The Morgan fingerprint density at radius 1 is 1.32 bits per heavy atom. The molecule has 0 aliphatic heterocycles. The molecule has 2 nitrogen and oxygen atoms in total. The molecule has 0 heterocycles. The highest BCUT2D eigenvalue weighted by molar-refractivity contribution is 7.85. The van der Waals surface area contributed by atoms with E-state index in [1.165, 1.54) is 12.1 Å². The number of benzene rings is 1. The molecule has 0 amide bonds. The van der Waals surface area contributed by atoms with Crippen molar-refractivity contribution in [3.05, 3.63) is 29.8 Å². The molecule has 1 aliphatic carbocycles. The van der Waals surface area contributed by atoms with Crippen molar-refractivity contribution in [3.8, 4) is 6.07 Å². The van der Waals surface area contributed by atoms with Crippen LogP contribution in [0.5, 0.6) is 0 Å². The molecule has 0 N–H and O–H groups in total. The largest absolute Gasteiger partial charge is 0.416 e. The highest BCUT2D eigenvalue weighted by Gasteiger charge is 2.35. The van der Waals surface area contributed by atoms with Crippen molar-refractivity contribution in [2.75, 3.05) is 0 Å². The van der Waals surface area contributed by atoms with Gasteiger partial charge in [0.1, 0.15) is 0 Å². The van der Waals surface area contributed by atoms with Gasteiger partial charge in [0.25, 0.3) is 0 Å². The van der Waals surface area contributed by atoms with Crippen molar-refractivity contribution in [1.29, 1.82) is 5.26 Å². The van der Waals surface area contributed by atoms with Gasteiger partial charge in [0.2, 0.25) is 0 Å². The zero-order valence-corrected chi connectivity index (χ0v) is 10.8. The first-order chi connectivity index (χ1) is 8.93. The minimum absolute atomic E-state index is 0.155. The van der Waals surface area contributed by atoms with Crippen molar-refractivity contribution in [2.45, 2.75) is 35.6 Å². The lowest BCUT2D eigenvalue weighted by Gasteiger charge is -2.14. The Balaban J connectivity index is 2.27. The predicted octanol–water partition coefficient (Wildman–Crippen LogP) is 3.51. The molecule has 0 bridgehead atoms. The van der Waals surface area contributed by atoms with Gasteiger partial charge in [-0.2, -0.15) is 18.4 Å². The minimum atomic E-state index is -4.44. The van der Waals surface area contributed by atoms with Crippen LogP contribution in [0.3, 0.4) is 0 Å². The number of hydrogen-bond acceptors (Lipinski definition) is 2. The molecule has 0 saturated heterocycles. The van der Waals surface area contributed by atoms with E-state index in [2.05, 4.69) is 6.07 Å². The Morgan fingerprint density at radius 3 is 2.68 bits per heavy atom. The second kappa shape index (κ2) is 5.33. The fraction of sp³-hybridized carbons (Fsp3) is 0.462. The van der Waals surface area contributed by atoms with Crippen LogP contribution in [-0.4, -0.2) is 9.46 Å². The van der Waals surface area contributed by atoms with Crippen LogP contribution in [0.2, 0.25) is 0 Å². The van der Waals surface area contributed by atoms with Crippen molar-refractivity contribution in [3.63, 3.8) is 0 Å². The summed E-state index contributed by atoms with van der Waals surface area (Å²) >= 11 is 0. The van der Waals surface area contributed by atoms with Gasteiger partial charge in [-0.25, -0.2) is 0 Å². The zero-order valence-electron chi connectivity index (χ0n) is 9.98. The molecule has 3 atom stereocenters. The van der Waals surface area contributed by atoms with Gasteiger partial charge < -0.3 is 0 Å². The molecular formula is C13H12F3NOS. The van der Waals surface area contributed by atoms with E-state index < -0.39 is 22.5 Å². The van der Waals surface area contributed by atoms with Crippen molar-refractivity contribution < 1.29 is 17.4 Å². The number of nitrogens with zero attached hydrogens (tertiary/aromatic N) is 1. The first-order valence-corrected chi connectivity index (χ1v) is 7.12. The number of rotatable bonds is 2. The first kappa shape index (κ1) is 14.1. The predicted molar refractivity (Wildman–Crippen MR) is 64.6 cm³/mol. The summed E-state index contributed by atoms with van der Waals surface area (Å²) in [6, 6.07) is 6.65. The second-order valence-corrected chi connectivity index (χ2v) is 6.20. The Hall–Kier alpha value is -1.35. The fourth-order valence-corrected chi connectivity index (χ4v) is 3.98. The molecule has 1 aromatic carbocycles. The van der Waals surface area contributed by atoms with Gasteiger partial charge in [0, 0.05) is 4.90 Å². The summed E-state index contributed by atoms with van der Waals surface area (Å²) in [7, 11) is -1.56. The van der Waals surface area contributed by atoms with Crippen molar-refractivity contribution in [1.82, 2.24) is 0 Å². The Labute approximate surface area is 111 Å². The third-order valence-electron chi connectivity index (χ3n) is 3.29. The normalized spacial score (nSPS) is 24.9. The number of alkyl halides is 3. The lowest BCUT2D eigenvalue weighted by molar-refractivity contribution is -0.137. The molecule has 1 fully saturated rings. The van der Waals surface area contributed by atoms with Gasteiger partial charge in [-0.3, -0.25) is 4.21 Å². The van der Waals surface area contributed by atoms with Crippen LogP contribution in [0.15, 0.2) is 29.2 Å². The van der Waals surface area contributed by atoms with Crippen LogP contribution in [0, 0.1) is 17.2 Å². The molecule has 0 spiro atoms. The van der Waals surface area contributed by atoms with Gasteiger partial charge in [0.05, 0.1) is 33.6 Å². The molecule has 3 unspecified atom stereocenters. The quantitative estimate of drug-likeness (QED) is 0.835. The monoisotopic (exact) mass is 287 g/mol. The van der Waals surface area contributed by atoms with E-state index in [4.69, 9.17) is 5.26 Å². The van der Waals surface area contributed by atoms with Crippen LogP contribution in [0.25, 0.3) is 0 Å². The maximum atomic E-state index is 12.6. The maximum absolute atomic E-state index is 12.6. The van der Waals surface area contributed by atoms with Gasteiger partial charge in [-0.15, -0.1) is 0 Å². The molecule has 102 valence electrons. The molecule has 19 heavy (non-hydrogen) atoms. The van der Waals surface area contributed by atoms with E-state index in [0.29, 0.717) is 12.8 Å². The van der Waals surface area contributed by atoms with E-state index in [9.17, 15) is 17.4 Å². The third kappa shape index (κ3) is 2.98. The van der Waals surface area contributed by atoms with Crippen LogP contribution < -0.4 is 0 Å². The third-order valence-corrected chi connectivity index (χ3v) is 5.12. The van der Waals surface area contributed by atoms with Gasteiger partial charge in [-0.1, -0.05) is 12.5 Å². The smallest absolute Gasteiger partial charge is 0.254 e. The molecule has 1 aromatic rings. The van der Waals surface area contributed by atoms with Gasteiger partial charge in [-0.05, 0) is 31.0 Å². The Bertz CT molecular complexity index is 535. The summed E-state index contributed by atoms with van der Waals surface area (Å²) in [4.78, 5) is 0.155. The van der Waals surface area contributed by atoms with E-state index in [1.54, 1.807) is 0 Å². The molecule has 6 heteroatoms. The summed E-state index contributed by atoms with van der Waals surface area (Å²) in [5.41, 5.74) is -0.801. The average molecular weight is 287 g/mol. The number of nitriles is 1. The standard InChI is InChI=1S/C13H12F3NOS/c14-13(15,16)10-4-2-5-11(7-10)19(18)12-6-1-3-9(12)8-17/h2,4-5,7,9,12H,1,3,6H2. The fourth-order valence-electron chi connectivity index (χ4n) is 2.30. The van der Waals surface area contributed by atoms with Crippen LogP contribution in [-0.2, 0) is 17.0 Å². The van der Waals surface area contributed by atoms with E-state index in [-0.39, 0.29) is 16.1 Å². The highest BCUT2D eigenvalue weighted by Crippen LogP contribution is 2.34. The first-order valence-electron chi connectivity index (χ1n) is 5.91. The van der Waals surface area contributed by atoms with Crippen molar-refractivity contribution in [2.24, 2.45) is 5.92 Å². The van der Waals surface area contributed by atoms with E-state index in [1.807, 2.05) is 0 Å². The maximum Gasteiger partial charge on any atom is 0.416 e. The van der Waals surface area contributed by atoms with E-state index in [0.717, 1.165) is 18.6 Å². The van der Waals surface area contributed by atoms with Crippen LogP contribution in [0.4, 0.5) is 13.2 Å². The molecule has 2 rings (SSSR count).